The number of ether oxygens (including phenoxy) is 6. The number of esters is 8. The topological polar surface area (TPSA) is 212 Å². The second-order valence-electron chi connectivity index (χ2n) is 9.66. The SMILES string of the molecule is O=C(OCC(COC(=O)c1ccc2c(c1)C(O)OC2=O)OC(=O)c1ccc2c(c1)C(=O)OC2=O)c1ccc2c(c1)C(=O)OC2=O. The molecule has 1 N–H and O–H groups in total. The molecule has 0 aromatic heterocycles. The van der Waals surface area contributed by atoms with Gasteiger partial charge in [-0.05, 0) is 54.6 Å². The molecule has 45 heavy (non-hydrogen) atoms. The smallest absolute Gasteiger partial charge is 0.346 e. The average molecular weight is 616 g/mol. The van der Waals surface area contributed by atoms with Crippen LogP contribution in [0.1, 0.15) is 94.7 Å². The fraction of sp³-hybridized carbons (Fsp3) is 0.133. The molecule has 0 saturated heterocycles. The van der Waals surface area contributed by atoms with Gasteiger partial charge in [-0.2, -0.15) is 0 Å². The molecule has 3 aliphatic rings. The lowest BCUT2D eigenvalue weighted by molar-refractivity contribution is -0.0548. The minimum atomic E-state index is -1.58. The van der Waals surface area contributed by atoms with Crippen LogP contribution < -0.4 is 0 Å². The Kier molecular flexibility index (Phi) is 7.14. The van der Waals surface area contributed by atoms with Crippen molar-refractivity contribution in [3.05, 3.63) is 105 Å². The molecule has 0 saturated carbocycles. The summed E-state index contributed by atoms with van der Waals surface area (Å²) >= 11 is 0. The average Bonchev–Trinajstić information content (AvgIpc) is 3.60. The van der Waals surface area contributed by atoms with Gasteiger partial charge in [-0.3, -0.25) is 0 Å². The second kappa shape index (κ2) is 11.1. The molecule has 2 atom stereocenters. The van der Waals surface area contributed by atoms with E-state index in [4.69, 9.17) is 14.2 Å². The third kappa shape index (κ3) is 5.38. The summed E-state index contributed by atoms with van der Waals surface area (Å²) in [6.07, 6.45) is -3.01. The first kappa shape index (κ1) is 28.9. The van der Waals surface area contributed by atoms with E-state index in [0.29, 0.717) is 0 Å². The van der Waals surface area contributed by atoms with Gasteiger partial charge < -0.3 is 33.5 Å². The van der Waals surface area contributed by atoms with Gasteiger partial charge in [0.1, 0.15) is 13.2 Å². The van der Waals surface area contributed by atoms with Gasteiger partial charge in [-0.15, -0.1) is 0 Å². The van der Waals surface area contributed by atoms with Crippen molar-refractivity contribution < 1.29 is 71.9 Å². The summed E-state index contributed by atoms with van der Waals surface area (Å²) in [4.78, 5) is 97.4. The number of benzene rings is 3. The normalized spacial score (nSPS) is 16.6. The number of cyclic esters (lactones) is 5. The largest absolute Gasteiger partial charge is 0.458 e. The van der Waals surface area contributed by atoms with Gasteiger partial charge in [-0.1, -0.05) is 0 Å². The first-order chi connectivity index (χ1) is 21.5. The third-order valence-electron chi connectivity index (χ3n) is 6.83. The van der Waals surface area contributed by atoms with E-state index in [9.17, 15) is 43.5 Å². The van der Waals surface area contributed by atoms with Crippen LogP contribution in [0.5, 0.6) is 0 Å². The number of fused-ring (bicyclic) bond motifs is 3. The van der Waals surface area contributed by atoms with E-state index in [0.717, 1.165) is 12.1 Å². The molecule has 0 spiro atoms. The lowest BCUT2D eigenvalue weighted by Crippen LogP contribution is -2.31. The van der Waals surface area contributed by atoms with Gasteiger partial charge >= 0.3 is 47.8 Å². The van der Waals surface area contributed by atoms with E-state index in [-0.39, 0.29) is 50.1 Å². The zero-order chi connectivity index (χ0) is 32.0. The molecule has 3 aromatic rings. The third-order valence-corrected chi connectivity index (χ3v) is 6.83. The van der Waals surface area contributed by atoms with Crippen LogP contribution in [-0.2, 0) is 28.4 Å². The molecule has 15 heteroatoms. The van der Waals surface area contributed by atoms with Gasteiger partial charge in [0.25, 0.3) is 0 Å². The van der Waals surface area contributed by atoms with Crippen molar-refractivity contribution in [2.24, 2.45) is 0 Å². The van der Waals surface area contributed by atoms with Crippen molar-refractivity contribution in [3.63, 3.8) is 0 Å². The first-order valence-electron chi connectivity index (χ1n) is 12.9. The molecule has 0 bridgehead atoms. The fourth-order valence-electron chi connectivity index (χ4n) is 4.57. The molecule has 0 amide bonds. The van der Waals surface area contributed by atoms with Crippen molar-refractivity contribution >= 4 is 47.8 Å². The lowest BCUT2D eigenvalue weighted by Gasteiger charge is -2.18. The van der Waals surface area contributed by atoms with E-state index < -0.39 is 73.4 Å². The zero-order valence-electron chi connectivity index (χ0n) is 22.4. The van der Waals surface area contributed by atoms with Crippen LogP contribution in [0.2, 0.25) is 0 Å². The quantitative estimate of drug-likeness (QED) is 0.217. The number of hydrogen-bond donors (Lipinski definition) is 1. The number of hydrogen-bond acceptors (Lipinski definition) is 15. The zero-order valence-corrected chi connectivity index (χ0v) is 22.4. The molecule has 3 aliphatic heterocycles. The summed E-state index contributed by atoms with van der Waals surface area (Å²) in [5.74, 6) is -7.44. The fourth-order valence-corrected chi connectivity index (χ4v) is 4.57. The predicted octanol–water partition coefficient (Wildman–Crippen LogP) is 1.71. The van der Waals surface area contributed by atoms with Crippen molar-refractivity contribution in [2.45, 2.75) is 12.4 Å². The summed E-state index contributed by atoms with van der Waals surface area (Å²) < 4.78 is 29.6. The highest BCUT2D eigenvalue weighted by Crippen LogP contribution is 2.29. The Hall–Kier alpha value is -6.22. The number of carbonyl (C=O) groups excluding carboxylic acids is 8. The molecular formula is C30H16O15. The first-order valence-corrected chi connectivity index (χ1v) is 12.9. The van der Waals surface area contributed by atoms with Crippen LogP contribution in [0.3, 0.4) is 0 Å². The number of rotatable bonds is 8. The maximum Gasteiger partial charge on any atom is 0.346 e. The Balaban J connectivity index is 1.18. The minimum absolute atomic E-state index is 0.0369. The molecule has 0 radical (unpaired) electrons. The van der Waals surface area contributed by atoms with Gasteiger partial charge in [0, 0.05) is 5.56 Å². The van der Waals surface area contributed by atoms with Crippen molar-refractivity contribution in [1.29, 1.82) is 0 Å². The molecule has 15 nitrogen and oxygen atoms in total. The van der Waals surface area contributed by atoms with Gasteiger partial charge in [-0.25, -0.2) is 38.4 Å². The van der Waals surface area contributed by atoms with Crippen molar-refractivity contribution in [1.82, 2.24) is 0 Å². The maximum atomic E-state index is 13.0. The van der Waals surface area contributed by atoms with Gasteiger partial charge in [0.05, 0.1) is 44.5 Å². The van der Waals surface area contributed by atoms with Crippen LogP contribution in [0, 0.1) is 0 Å². The van der Waals surface area contributed by atoms with E-state index in [2.05, 4.69) is 14.2 Å². The Morgan fingerprint density at radius 1 is 0.600 bits per heavy atom. The molecule has 0 aliphatic carbocycles. The van der Waals surface area contributed by atoms with Crippen LogP contribution >= 0.6 is 0 Å². The summed E-state index contributed by atoms with van der Waals surface area (Å²) in [5.41, 5.74) is -0.714. The standard InChI is InChI=1S/C30H16O15/c31-22(12-1-4-16-19(7-12)28(37)43-25(16)34)40-10-15(42-24(33)14-3-6-18-21(9-14)30(39)45-27(18)36)11-41-23(32)13-2-5-17-20(8-13)29(38)44-26(17)35/h1-9,15,28,37H,10-11H2. The van der Waals surface area contributed by atoms with Crippen molar-refractivity contribution in [3.8, 4) is 0 Å². The molecule has 0 fully saturated rings. The maximum absolute atomic E-state index is 13.0. The Labute approximate surface area is 250 Å². The Bertz CT molecular complexity index is 1890. The Morgan fingerprint density at radius 3 is 1.58 bits per heavy atom. The van der Waals surface area contributed by atoms with Crippen LogP contribution in [0.15, 0.2) is 54.6 Å². The van der Waals surface area contributed by atoms with Crippen LogP contribution in [0.25, 0.3) is 0 Å². The highest BCUT2D eigenvalue weighted by atomic mass is 16.6. The molecule has 226 valence electrons. The highest BCUT2D eigenvalue weighted by Gasteiger charge is 2.33. The van der Waals surface area contributed by atoms with Crippen LogP contribution in [0.4, 0.5) is 0 Å². The monoisotopic (exact) mass is 616 g/mol. The summed E-state index contributed by atoms with van der Waals surface area (Å²) in [5, 5.41) is 9.88. The lowest BCUT2D eigenvalue weighted by atomic mass is 10.1. The van der Waals surface area contributed by atoms with Gasteiger partial charge in [0.2, 0.25) is 6.29 Å². The highest BCUT2D eigenvalue weighted by molar-refractivity contribution is 6.16. The molecular weight excluding hydrogens is 600 g/mol. The molecule has 6 rings (SSSR count). The molecule has 2 unspecified atom stereocenters. The minimum Gasteiger partial charge on any atom is -0.458 e. The summed E-state index contributed by atoms with van der Waals surface area (Å²) in [6.45, 7) is -1.33. The summed E-state index contributed by atoms with van der Waals surface area (Å²) in [7, 11) is 0. The molecule has 3 aromatic carbocycles. The van der Waals surface area contributed by atoms with E-state index >= 15 is 0 Å². The Morgan fingerprint density at radius 2 is 1.04 bits per heavy atom. The summed E-state index contributed by atoms with van der Waals surface area (Å²) in [6, 6.07) is 10.6. The number of carbonyl (C=O) groups is 8. The van der Waals surface area contributed by atoms with Crippen molar-refractivity contribution in [2.75, 3.05) is 13.2 Å². The van der Waals surface area contributed by atoms with E-state index in [1.165, 1.54) is 42.5 Å². The predicted molar refractivity (Wildman–Crippen MR) is 139 cm³/mol. The van der Waals surface area contributed by atoms with E-state index in [1.54, 1.807) is 0 Å². The second-order valence-corrected chi connectivity index (χ2v) is 9.66. The van der Waals surface area contributed by atoms with Crippen LogP contribution in [-0.4, -0.2) is 72.2 Å². The number of aliphatic hydroxyl groups excluding tert-OH is 1. The molecule has 3 heterocycles. The van der Waals surface area contributed by atoms with E-state index in [1.807, 2.05) is 0 Å². The number of aliphatic hydroxyl groups is 1. The van der Waals surface area contributed by atoms with Gasteiger partial charge in [0.15, 0.2) is 6.10 Å².